The van der Waals surface area contributed by atoms with Crippen molar-refractivity contribution in [1.82, 2.24) is 14.6 Å². The average Bonchev–Trinajstić information content (AvgIpc) is 2.80. The van der Waals surface area contributed by atoms with E-state index >= 15 is 0 Å². The van der Waals surface area contributed by atoms with Crippen molar-refractivity contribution in [3.63, 3.8) is 0 Å². The van der Waals surface area contributed by atoms with Gasteiger partial charge in [-0.2, -0.15) is 5.10 Å². The van der Waals surface area contributed by atoms with Crippen molar-refractivity contribution in [3.05, 3.63) is 59.5 Å². The molecule has 1 N–H and O–H groups in total. The van der Waals surface area contributed by atoms with Crippen LogP contribution in [0, 0.1) is 13.8 Å². The topological polar surface area (TPSA) is 76.4 Å². The van der Waals surface area contributed by atoms with Gasteiger partial charge in [0, 0.05) is 6.07 Å². The lowest BCUT2D eigenvalue weighted by atomic mass is 10.2. The first-order chi connectivity index (χ1) is 10.4. The van der Waals surface area contributed by atoms with E-state index in [0.717, 1.165) is 16.8 Å². The van der Waals surface area contributed by atoms with Gasteiger partial charge in [0.15, 0.2) is 5.65 Å². The van der Waals surface area contributed by atoms with Crippen LogP contribution >= 0.6 is 0 Å². The molecule has 1 aromatic carbocycles. The number of benzene rings is 1. The number of fused-ring (bicyclic) bond motifs is 1. The SMILES string of the molecule is Cc1ccc(CS(=O)(=O)Nc2cnc3cc(C)nn3c2)cc1. The molecule has 0 aliphatic rings. The summed E-state index contributed by atoms with van der Waals surface area (Å²) < 4.78 is 28.5. The largest absolute Gasteiger partial charge is 0.280 e. The summed E-state index contributed by atoms with van der Waals surface area (Å²) in [5.74, 6) is -0.0799. The first-order valence-corrected chi connectivity index (χ1v) is 8.45. The summed E-state index contributed by atoms with van der Waals surface area (Å²) in [5.41, 5.74) is 3.73. The lowest BCUT2D eigenvalue weighted by Crippen LogP contribution is -2.15. The summed E-state index contributed by atoms with van der Waals surface area (Å²) in [6.07, 6.45) is 3.10. The van der Waals surface area contributed by atoms with Gasteiger partial charge in [-0.1, -0.05) is 29.8 Å². The van der Waals surface area contributed by atoms with Crippen LogP contribution in [0.15, 0.2) is 42.7 Å². The molecule has 6 nitrogen and oxygen atoms in total. The molecule has 0 fully saturated rings. The highest BCUT2D eigenvalue weighted by molar-refractivity contribution is 7.91. The van der Waals surface area contributed by atoms with Crippen LogP contribution in [0.2, 0.25) is 0 Å². The Balaban J connectivity index is 1.81. The fourth-order valence-electron chi connectivity index (χ4n) is 2.17. The van der Waals surface area contributed by atoms with Gasteiger partial charge in [-0.05, 0) is 19.4 Å². The summed E-state index contributed by atoms with van der Waals surface area (Å²) >= 11 is 0. The van der Waals surface area contributed by atoms with E-state index in [1.165, 1.54) is 6.20 Å². The molecule has 0 spiro atoms. The van der Waals surface area contributed by atoms with Gasteiger partial charge in [0.05, 0.1) is 29.5 Å². The summed E-state index contributed by atoms with van der Waals surface area (Å²) in [7, 11) is -3.49. The molecule has 114 valence electrons. The molecule has 0 atom stereocenters. The minimum atomic E-state index is -3.49. The van der Waals surface area contributed by atoms with Gasteiger partial charge >= 0.3 is 0 Å². The zero-order valence-corrected chi connectivity index (χ0v) is 13.1. The lowest BCUT2D eigenvalue weighted by molar-refractivity contribution is 0.600. The Hall–Kier alpha value is -2.41. The minimum Gasteiger partial charge on any atom is -0.280 e. The van der Waals surface area contributed by atoms with Gasteiger partial charge < -0.3 is 0 Å². The van der Waals surface area contributed by atoms with E-state index in [9.17, 15) is 8.42 Å². The zero-order chi connectivity index (χ0) is 15.7. The third-order valence-corrected chi connectivity index (χ3v) is 4.45. The van der Waals surface area contributed by atoms with Crippen LogP contribution in [-0.4, -0.2) is 23.0 Å². The standard InChI is InChI=1S/C15H16N4O2S/c1-11-3-5-13(6-4-11)10-22(20,21)18-14-8-16-15-7-12(2)17-19(15)9-14/h3-9,18H,10H2,1-2H3. The van der Waals surface area contributed by atoms with E-state index in [4.69, 9.17) is 0 Å². The van der Waals surface area contributed by atoms with Crippen LogP contribution in [-0.2, 0) is 15.8 Å². The predicted molar refractivity (Wildman–Crippen MR) is 85.1 cm³/mol. The normalized spacial score (nSPS) is 11.7. The van der Waals surface area contributed by atoms with E-state index in [1.807, 2.05) is 44.2 Å². The molecule has 22 heavy (non-hydrogen) atoms. The van der Waals surface area contributed by atoms with Crippen molar-refractivity contribution in [3.8, 4) is 0 Å². The highest BCUT2D eigenvalue weighted by Gasteiger charge is 2.12. The molecule has 0 radical (unpaired) electrons. The molecule has 2 aromatic heterocycles. The Morgan fingerprint density at radius 3 is 2.64 bits per heavy atom. The average molecular weight is 316 g/mol. The van der Waals surface area contributed by atoms with Gasteiger partial charge in [-0.3, -0.25) is 4.72 Å². The molecule has 0 aliphatic carbocycles. The van der Waals surface area contributed by atoms with Crippen LogP contribution in [0.1, 0.15) is 16.8 Å². The molecule has 0 saturated carbocycles. The van der Waals surface area contributed by atoms with Crippen molar-refractivity contribution < 1.29 is 8.42 Å². The number of anilines is 1. The van der Waals surface area contributed by atoms with Crippen molar-refractivity contribution >= 4 is 21.4 Å². The number of hydrogen-bond donors (Lipinski definition) is 1. The van der Waals surface area contributed by atoms with Gasteiger partial charge in [0.25, 0.3) is 0 Å². The number of nitrogens with one attached hydrogen (secondary N) is 1. The molecule has 0 saturated heterocycles. The number of aryl methyl sites for hydroxylation is 2. The van der Waals surface area contributed by atoms with Crippen LogP contribution in [0.5, 0.6) is 0 Å². The molecule has 0 bridgehead atoms. The van der Waals surface area contributed by atoms with E-state index in [1.54, 1.807) is 10.7 Å². The smallest absolute Gasteiger partial charge is 0.237 e. The van der Waals surface area contributed by atoms with Gasteiger partial charge in [-0.25, -0.2) is 17.9 Å². The fourth-order valence-corrected chi connectivity index (χ4v) is 3.34. The summed E-state index contributed by atoms with van der Waals surface area (Å²) in [6, 6.07) is 9.24. The van der Waals surface area contributed by atoms with Crippen LogP contribution in [0.25, 0.3) is 5.65 Å². The van der Waals surface area contributed by atoms with Crippen LogP contribution in [0.4, 0.5) is 5.69 Å². The Labute approximate surface area is 128 Å². The second kappa shape index (κ2) is 5.42. The van der Waals surface area contributed by atoms with Gasteiger partial charge in [0.2, 0.25) is 10.0 Å². The number of hydrogen-bond acceptors (Lipinski definition) is 4. The number of aromatic nitrogens is 3. The molecule has 3 rings (SSSR count). The third-order valence-electron chi connectivity index (χ3n) is 3.19. The van der Waals surface area contributed by atoms with E-state index in [-0.39, 0.29) is 5.75 Å². The van der Waals surface area contributed by atoms with Crippen molar-refractivity contribution in [1.29, 1.82) is 0 Å². The molecular formula is C15H16N4O2S. The molecule has 2 heterocycles. The second-order valence-corrected chi connectivity index (χ2v) is 7.00. The first kappa shape index (κ1) is 14.5. The Bertz CT molecular complexity index is 914. The Morgan fingerprint density at radius 1 is 1.18 bits per heavy atom. The zero-order valence-electron chi connectivity index (χ0n) is 12.3. The summed E-state index contributed by atoms with van der Waals surface area (Å²) in [6.45, 7) is 3.82. The number of sulfonamides is 1. The quantitative estimate of drug-likeness (QED) is 0.801. The maximum absolute atomic E-state index is 12.2. The molecule has 3 aromatic rings. The summed E-state index contributed by atoms with van der Waals surface area (Å²) in [5, 5.41) is 4.22. The van der Waals surface area contributed by atoms with E-state index in [2.05, 4.69) is 14.8 Å². The maximum atomic E-state index is 12.2. The predicted octanol–water partition coefficient (Wildman–Crippen LogP) is 2.29. The number of rotatable bonds is 4. The second-order valence-electron chi connectivity index (χ2n) is 5.28. The highest BCUT2D eigenvalue weighted by Crippen LogP contribution is 2.14. The minimum absolute atomic E-state index is 0.0799. The van der Waals surface area contributed by atoms with Gasteiger partial charge in [0.1, 0.15) is 0 Å². The third kappa shape index (κ3) is 3.25. The monoisotopic (exact) mass is 316 g/mol. The van der Waals surface area contributed by atoms with E-state index < -0.39 is 10.0 Å². The fraction of sp³-hybridized carbons (Fsp3) is 0.200. The molecular weight excluding hydrogens is 300 g/mol. The molecule has 7 heteroatoms. The van der Waals surface area contributed by atoms with Gasteiger partial charge in [-0.15, -0.1) is 0 Å². The number of nitrogens with zero attached hydrogens (tertiary/aromatic N) is 3. The Morgan fingerprint density at radius 2 is 1.91 bits per heavy atom. The maximum Gasteiger partial charge on any atom is 0.237 e. The highest BCUT2D eigenvalue weighted by atomic mass is 32.2. The molecule has 0 aliphatic heterocycles. The van der Waals surface area contributed by atoms with Crippen molar-refractivity contribution in [2.75, 3.05) is 4.72 Å². The molecule has 0 unspecified atom stereocenters. The van der Waals surface area contributed by atoms with Crippen molar-refractivity contribution in [2.45, 2.75) is 19.6 Å². The first-order valence-electron chi connectivity index (χ1n) is 6.79. The van der Waals surface area contributed by atoms with E-state index in [0.29, 0.717) is 11.3 Å². The van der Waals surface area contributed by atoms with Crippen LogP contribution in [0.3, 0.4) is 0 Å². The summed E-state index contributed by atoms with van der Waals surface area (Å²) in [4.78, 5) is 4.18. The lowest BCUT2D eigenvalue weighted by Gasteiger charge is -2.08. The Kier molecular flexibility index (Phi) is 3.58. The van der Waals surface area contributed by atoms with Crippen LogP contribution < -0.4 is 4.72 Å². The molecule has 0 amide bonds. The van der Waals surface area contributed by atoms with Crippen molar-refractivity contribution in [2.24, 2.45) is 0 Å².